The summed E-state index contributed by atoms with van der Waals surface area (Å²) in [6.45, 7) is 0.731. The number of hydrogen-bond donors (Lipinski definition) is 2. The molecule has 0 bridgehead atoms. The molecular weight excluding hydrogens is 272 g/mol. The van der Waals surface area contributed by atoms with Gasteiger partial charge in [0, 0.05) is 18.4 Å². The zero-order valence-electron chi connectivity index (χ0n) is 11.3. The Balaban J connectivity index is 1.92. The van der Waals surface area contributed by atoms with Crippen LogP contribution in [0.4, 0.5) is 5.69 Å². The average molecular weight is 291 g/mol. The van der Waals surface area contributed by atoms with Crippen LogP contribution in [0.1, 0.15) is 19.3 Å². The second-order valence-corrected chi connectivity index (χ2v) is 5.67. The molecule has 3 rings (SSSR count). The Kier molecular flexibility index (Phi) is 3.94. The molecule has 1 aliphatic carbocycles. The van der Waals surface area contributed by atoms with Crippen molar-refractivity contribution in [2.75, 3.05) is 11.9 Å². The van der Waals surface area contributed by atoms with E-state index >= 15 is 0 Å². The first kappa shape index (κ1) is 13.5. The Labute approximate surface area is 123 Å². The van der Waals surface area contributed by atoms with Crippen molar-refractivity contribution in [3.63, 3.8) is 0 Å². The lowest BCUT2D eigenvalue weighted by molar-refractivity contribution is 0.516. The van der Waals surface area contributed by atoms with Crippen molar-refractivity contribution in [3.8, 4) is 5.69 Å². The molecule has 2 atom stereocenters. The predicted octanol–water partition coefficient (Wildman–Crippen LogP) is 3.07. The summed E-state index contributed by atoms with van der Waals surface area (Å²) in [7, 11) is 0. The van der Waals surface area contributed by atoms with Crippen LogP contribution in [0, 0.1) is 5.92 Å². The summed E-state index contributed by atoms with van der Waals surface area (Å²) < 4.78 is 1.80. The van der Waals surface area contributed by atoms with Crippen LogP contribution in [0.25, 0.3) is 5.69 Å². The Morgan fingerprint density at radius 2 is 2.25 bits per heavy atom. The van der Waals surface area contributed by atoms with Gasteiger partial charge in [0.05, 0.1) is 10.7 Å². The third-order valence-electron chi connectivity index (χ3n) is 4.02. The minimum atomic E-state index is 0.424. The largest absolute Gasteiger partial charge is 0.380 e. The highest BCUT2D eigenvalue weighted by atomic mass is 35.5. The highest BCUT2D eigenvalue weighted by molar-refractivity contribution is 6.33. The second-order valence-electron chi connectivity index (χ2n) is 5.26. The van der Waals surface area contributed by atoms with Crippen molar-refractivity contribution < 1.29 is 0 Å². The second kappa shape index (κ2) is 5.85. The first-order chi connectivity index (χ1) is 9.79. The van der Waals surface area contributed by atoms with Gasteiger partial charge in [0.15, 0.2) is 0 Å². The van der Waals surface area contributed by atoms with E-state index in [-0.39, 0.29) is 0 Å². The molecule has 106 valence electrons. The maximum atomic E-state index is 6.35. The number of halogens is 1. The van der Waals surface area contributed by atoms with Crippen LogP contribution < -0.4 is 11.1 Å². The molecule has 1 saturated carbocycles. The molecule has 1 heterocycles. The Hall–Kier alpha value is -1.52. The molecule has 0 amide bonds. The molecule has 1 aliphatic rings. The topological polar surface area (TPSA) is 55.9 Å². The van der Waals surface area contributed by atoms with Crippen LogP contribution in [-0.4, -0.2) is 22.4 Å². The molecule has 2 aromatic rings. The van der Waals surface area contributed by atoms with Gasteiger partial charge in [-0.15, -0.1) is 0 Å². The van der Waals surface area contributed by atoms with Gasteiger partial charge in [0.1, 0.15) is 5.69 Å². The van der Waals surface area contributed by atoms with Crippen molar-refractivity contribution >= 4 is 17.3 Å². The lowest BCUT2D eigenvalue weighted by Crippen LogP contribution is -2.29. The number of nitrogens with two attached hydrogens (primary N) is 1. The molecule has 1 aromatic heterocycles. The summed E-state index contributed by atoms with van der Waals surface area (Å²) in [4.78, 5) is 0. The first-order valence-electron chi connectivity index (χ1n) is 7.04. The fraction of sp³-hybridized carbons (Fsp3) is 0.400. The van der Waals surface area contributed by atoms with Crippen LogP contribution in [0.5, 0.6) is 0 Å². The van der Waals surface area contributed by atoms with Crippen LogP contribution in [0.2, 0.25) is 5.02 Å². The number of rotatable bonds is 4. The van der Waals surface area contributed by atoms with Gasteiger partial charge >= 0.3 is 0 Å². The van der Waals surface area contributed by atoms with Crippen LogP contribution >= 0.6 is 11.6 Å². The highest BCUT2D eigenvalue weighted by Gasteiger charge is 2.26. The standard InChI is InChI=1S/C15H19ClN4/c16-12-5-2-7-14(15(12)20-9-3-8-18-20)19-13-6-1-4-11(13)10-17/h2-3,5,7-9,11,13,19H,1,4,6,10,17H2. The van der Waals surface area contributed by atoms with Crippen molar-refractivity contribution in [1.82, 2.24) is 9.78 Å². The summed E-state index contributed by atoms with van der Waals surface area (Å²) in [5.41, 5.74) is 7.78. The zero-order chi connectivity index (χ0) is 13.9. The lowest BCUT2D eigenvalue weighted by Gasteiger charge is -2.23. The summed E-state index contributed by atoms with van der Waals surface area (Å²) in [6, 6.07) is 8.22. The van der Waals surface area contributed by atoms with Gasteiger partial charge in [-0.3, -0.25) is 0 Å². The summed E-state index contributed by atoms with van der Waals surface area (Å²) in [5, 5.41) is 8.60. The number of para-hydroxylation sites is 1. The molecule has 20 heavy (non-hydrogen) atoms. The lowest BCUT2D eigenvalue weighted by atomic mass is 10.0. The molecule has 3 N–H and O–H groups in total. The van der Waals surface area contributed by atoms with E-state index in [2.05, 4.69) is 16.5 Å². The van der Waals surface area contributed by atoms with E-state index in [1.807, 2.05) is 24.4 Å². The van der Waals surface area contributed by atoms with E-state index in [4.69, 9.17) is 17.3 Å². The molecule has 1 fully saturated rings. The minimum Gasteiger partial charge on any atom is -0.380 e. The van der Waals surface area contributed by atoms with E-state index < -0.39 is 0 Å². The van der Waals surface area contributed by atoms with Gasteiger partial charge in [0.2, 0.25) is 0 Å². The molecule has 4 nitrogen and oxygen atoms in total. The average Bonchev–Trinajstić information content (AvgIpc) is 3.10. The van der Waals surface area contributed by atoms with Crippen molar-refractivity contribution in [3.05, 3.63) is 41.7 Å². The van der Waals surface area contributed by atoms with Crippen molar-refractivity contribution in [2.24, 2.45) is 11.7 Å². The Bertz CT molecular complexity index is 567. The van der Waals surface area contributed by atoms with Crippen molar-refractivity contribution in [2.45, 2.75) is 25.3 Å². The number of anilines is 1. The maximum absolute atomic E-state index is 6.35. The summed E-state index contributed by atoms with van der Waals surface area (Å²) in [5.74, 6) is 0.541. The van der Waals surface area contributed by atoms with Gasteiger partial charge < -0.3 is 11.1 Å². The van der Waals surface area contributed by atoms with Gasteiger partial charge in [-0.05, 0) is 43.5 Å². The fourth-order valence-electron chi connectivity index (χ4n) is 2.97. The Morgan fingerprint density at radius 1 is 1.35 bits per heavy atom. The van der Waals surface area contributed by atoms with Gasteiger partial charge in [-0.25, -0.2) is 4.68 Å². The number of benzene rings is 1. The molecule has 1 aromatic carbocycles. The summed E-state index contributed by atoms with van der Waals surface area (Å²) >= 11 is 6.35. The number of hydrogen-bond acceptors (Lipinski definition) is 3. The molecule has 2 unspecified atom stereocenters. The Morgan fingerprint density at radius 3 is 3.00 bits per heavy atom. The number of nitrogens with zero attached hydrogens (tertiary/aromatic N) is 2. The van der Waals surface area contributed by atoms with Crippen LogP contribution in [0.3, 0.4) is 0 Å². The summed E-state index contributed by atoms with van der Waals surface area (Å²) in [6.07, 6.45) is 7.25. The molecule has 0 aliphatic heterocycles. The number of aromatic nitrogens is 2. The molecule has 0 radical (unpaired) electrons. The third kappa shape index (κ3) is 2.53. The van der Waals surface area contributed by atoms with Gasteiger partial charge in [-0.1, -0.05) is 24.1 Å². The normalized spacial score (nSPS) is 22.1. The minimum absolute atomic E-state index is 0.424. The van der Waals surface area contributed by atoms with E-state index in [1.54, 1.807) is 10.9 Å². The monoisotopic (exact) mass is 290 g/mol. The smallest absolute Gasteiger partial charge is 0.106 e. The van der Waals surface area contributed by atoms with E-state index in [1.165, 1.54) is 12.8 Å². The van der Waals surface area contributed by atoms with Gasteiger partial charge in [-0.2, -0.15) is 5.10 Å². The van der Waals surface area contributed by atoms with Gasteiger partial charge in [0.25, 0.3) is 0 Å². The molecule has 0 saturated heterocycles. The SMILES string of the molecule is NCC1CCCC1Nc1cccc(Cl)c1-n1cccn1. The molecule has 0 spiro atoms. The third-order valence-corrected chi connectivity index (χ3v) is 4.33. The fourth-order valence-corrected chi connectivity index (χ4v) is 3.24. The zero-order valence-corrected chi connectivity index (χ0v) is 12.1. The van der Waals surface area contributed by atoms with Crippen LogP contribution in [-0.2, 0) is 0 Å². The molecular formula is C15H19ClN4. The van der Waals surface area contributed by atoms with E-state index in [9.17, 15) is 0 Å². The molecule has 5 heteroatoms. The van der Waals surface area contributed by atoms with E-state index in [0.717, 1.165) is 24.3 Å². The van der Waals surface area contributed by atoms with Crippen LogP contribution in [0.15, 0.2) is 36.7 Å². The quantitative estimate of drug-likeness (QED) is 0.910. The number of nitrogens with one attached hydrogen (secondary N) is 1. The van der Waals surface area contributed by atoms with Crippen molar-refractivity contribution in [1.29, 1.82) is 0 Å². The first-order valence-corrected chi connectivity index (χ1v) is 7.42. The maximum Gasteiger partial charge on any atom is 0.106 e. The highest BCUT2D eigenvalue weighted by Crippen LogP contribution is 2.33. The predicted molar refractivity (Wildman–Crippen MR) is 82.4 cm³/mol. The van der Waals surface area contributed by atoms with E-state index in [0.29, 0.717) is 17.0 Å².